The molecule has 0 amide bonds. The van der Waals surface area contributed by atoms with E-state index in [1.807, 2.05) is 73.7 Å². The van der Waals surface area contributed by atoms with Gasteiger partial charge in [0.2, 0.25) is 0 Å². The molecule has 7 nitrogen and oxygen atoms in total. The van der Waals surface area contributed by atoms with Crippen molar-refractivity contribution < 1.29 is 14.3 Å². The molecule has 0 spiro atoms. The summed E-state index contributed by atoms with van der Waals surface area (Å²) < 4.78 is 12.3. The SMILES string of the molecule is COc1ccc2cc([C@H](C)C(=O)OCc3nnnn3-c3ccccc3)ccc2c1. The van der Waals surface area contributed by atoms with Crippen molar-refractivity contribution in [3.63, 3.8) is 0 Å². The summed E-state index contributed by atoms with van der Waals surface area (Å²) in [6.07, 6.45) is 0. The van der Waals surface area contributed by atoms with Crippen molar-refractivity contribution in [3.8, 4) is 11.4 Å². The van der Waals surface area contributed by atoms with E-state index in [-0.39, 0.29) is 12.6 Å². The van der Waals surface area contributed by atoms with Crippen molar-refractivity contribution in [2.75, 3.05) is 7.11 Å². The van der Waals surface area contributed by atoms with Gasteiger partial charge in [0.05, 0.1) is 18.7 Å². The summed E-state index contributed by atoms with van der Waals surface area (Å²) in [4.78, 5) is 12.6. The molecule has 0 fully saturated rings. The van der Waals surface area contributed by atoms with E-state index < -0.39 is 5.92 Å². The summed E-state index contributed by atoms with van der Waals surface area (Å²) in [6.45, 7) is 1.82. The Hall–Kier alpha value is -3.74. The highest BCUT2D eigenvalue weighted by Gasteiger charge is 2.19. The number of benzene rings is 3. The normalized spacial score (nSPS) is 11.9. The number of para-hydroxylation sites is 1. The first-order valence-corrected chi connectivity index (χ1v) is 9.23. The summed E-state index contributed by atoms with van der Waals surface area (Å²) in [7, 11) is 1.64. The smallest absolute Gasteiger partial charge is 0.313 e. The maximum atomic E-state index is 12.6. The third-order valence-electron chi connectivity index (χ3n) is 4.80. The number of esters is 1. The van der Waals surface area contributed by atoms with Crippen LogP contribution in [-0.4, -0.2) is 33.3 Å². The van der Waals surface area contributed by atoms with E-state index in [0.29, 0.717) is 5.82 Å². The van der Waals surface area contributed by atoms with Crippen molar-refractivity contribution in [1.29, 1.82) is 0 Å². The molecule has 0 aliphatic carbocycles. The Morgan fingerprint density at radius 1 is 1.03 bits per heavy atom. The van der Waals surface area contributed by atoms with Gasteiger partial charge >= 0.3 is 5.97 Å². The first kappa shape index (κ1) is 18.6. The number of tetrazole rings is 1. The number of rotatable bonds is 6. The number of carbonyl (C=O) groups excluding carboxylic acids is 1. The number of aromatic nitrogens is 4. The highest BCUT2D eigenvalue weighted by molar-refractivity contribution is 5.86. The lowest BCUT2D eigenvalue weighted by molar-refractivity contribution is -0.146. The molecule has 1 heterocycles. The van der Waals surface area contributed by atoms with Gasteiger partial charge in [-0.2, -0.15) is 4.68 Å². The molecule has 0 saturated heterocycles. The molecule has 4 rings (SSSR count). The number of carbonyl (C=O) groups is 1. The number of nitrogens with zero attached hydrogens (tertiary/aromatic N) is 4. The first-order valence-electron chi connectivity index (χ1n) is 9.23. The maximum absolute atomic E-state index is 12.6. The molecule has 0 N–H and O–H groups in total. The van der Waals surface area contributed by atoms with Gasteiger partial charge in [0.15, 0.2) is 12.4 Å². The van der Waals surface area contributed by atoms with Crippen LogP contribution in [0.1, 0.15) is 24.2 Å². The lowest BCUT2D eigenvalue weighted by Gasteiger charge is -2.13. The van der Waals surface area contributed by atoms with Gasteiger partial charge in [-0.25, -0.2) is 0 Å². The third kappa shape index (κ3) is 3.94. The Labute approximate surface area is 167 Å². The average Bonchev–Trinajstić information content (AvgIpc) is 3.25. The molecule has 0 unspecified atom stereocenters. The zero-order valence-corrected chi connectivity index (χ0v) is 16.1. The van der Waals surface area contributed by atoms with Gasteiger partial charge in [-0.15, -0.1) is 5.10 Å². The van der Waals surface area contributed by atoms with Crippen LogP contribution < -0.4 is 4.74 Å². The molecule has 0 radical (unpaired) electrons. The second-order valence-electron chi connectivity index (χ2n) is 6.64. The lowest BCUT2D eigenvalue weighted by Crippen LogP contribution is -2.15. The fraction of sp³-hybridized carbons (Fsp3) is 0.182. The molecule has 0 aliphatic rings. The van der Waals surface area contributed by atoms with Crippen molar-refractivity contribution in [3.05, 3.63) is 78.1 Å². The Morgan fingerprint density at radius 2 is 1.79 bits per heavy atom. The fourth-order valence-electron chi connectivity index (χ4n) is 3.10. The quantitative estimate of drug-likeness (QED) is 0.469. The van der Waals surface area contributed by atoms with Crippen LogP contribution in [-0.2, 0) is 16.1 Å². The molecule has 1 aromatic heterocycles. The average molecular weight is 388 g/mol. The van der Waals surface area contributed by atoms with E-state index in [1.54, 1.807) is 11.8 Å². The molecule has 4 aromatic rings. The summed E-state index contributed by atoms with van der Waals surface area (Å²) in [6, 6.07) is 21.2. The predicted molar refractivity (Wildman–Crippen MR) is 108 cm³/mol. The molecular formula is C22H20N4O3. The van der Waals surface area contributed by atoms with E-state index >= 15 is 0 Å². The van der Waals surface area contributed by atoms with Gasteiger partial charge < -0.3 is 9.47 Å². The van der Waals surface area contributed by atoms with E-state index in [1.165, 1.54) is 0 Å². The van der Waals surface area contributed by atoms with Crippen molar-refractivity contribution in [1.82, 2.24) is 20.2 Å². The summed E-state index contributed by atoms with van der Waals surface area (Å²) in [5.74, 6) is 0.513. The van der Waals surface area contributed by atoms with E-state index in [9.17, 15) is 4.79 Å². The Balaban J connectivity index is 1.47. The molecule has 3 aromatic carbocycles. The van der Waals surface area contributed by atoms with Gasteiger partial charge in [-0.05, 0) is 58.0 Å². The van der Waals surface area contributed by atoms with Crippen LogP contribution in [0.15, 0.2) is 66.7 Å². The Morgan fingerprint density at radius 3 is 2.59 bits per heavy atom. The minimum Gasteiger partial charge on any atom is -0.497 e. The molecule has 0 saturated carbocycles. The number of hydrogen-bond donors (Lipinski definition) is 0. The minimum atomic E-state index is -0.414. The molecular weight excluding hydrogens is 368 g/mol. The highest BCUT2D eigenvalue weighted by Crippen LogP contribution is 2.26. The van der Waals surface area contributed by atoms with Gasteiger partial charge in [-0.1, -0.05) is 42.5 Å². The number of ether oxygens (including phenoxy) is 2. The van der Waals surface area contributed by atoms with Crippen LogP contribution in [0.4, 0.5) is 0 Å². The zero-order chi connectivity index (χ0) is 20.2. The van der Waals surface area contributed by atoms with E-state index in [2.05, 4.69) is 15.5 Å². The van der Waals surface area contributed by atoms with E-state index in [4.69, 9.17) is 9.47 Å². The first-order chi connectivity index (χ1) is 14.2. The minimum absolute atomic E-state index is 0.00412. The Kier molecular flexibility index (Phi) is 5.20. The van der Waals surface area contributed by atoms with Crippen LogP contribution >= 0.6 is 0 Å². The van der Waals surface area contributed by atoms with Crippen molar-refractivity contribution in [2.45, 2.75) is 19.4 Å². The third-order valence-corrected chi connectivity index (χ3v) is 4.80. The summed E-state index contributed by atoms with van der Waals surface area (Å²) >= 11 is 0. The highest BCUT2D eigenvalue weighted by atomic mass is 16.5. The molecule has 29 heavy (non-hydrogen) atoms. The summed E-state index contributed by atoms with van der Waals surface area (Å²) in [5.41, 5.74) is 1.69. The second-order valence-corrected chi connectivity index (χ2v) is 6.64. The number of fused-ring (bicyclic) bond motifs is 1. The predicted octanol–water partition coefficient (Wildman–Crippen LogP) is 3.67. The van der Waals surface area contributed by atoms with Crippen LogP contribution in [0.5, 0.6) is 5.75 Å². The van der Waals surface area contributed by atoms with Crippen molar-refractivity contribution >= 4 is 16.7 Å². The van der Waals surface area contributed by atoms with Crippen LogP contribution in [0.3, 0.4) is 0 Å². The number of hydrogen-bond acceptors (Lipinski definition) is 6. The van der Waals surface area contributed by atoms with Gasteiger partial charge in [0.1, 0.15) is 5.75 Å². The molecule has 0 aliphatic heterocycles. The molecule has 0 bridgehead atoms. The largest absolute Gasteiger partial charge is 0.497 e. The Bertz CT molecular complexity index is 1140. The second kappa shape index (κ2) is 8.10. The van der Waals surface area contributed by atoms with E-state index in [0.717, 1.165) is 27.8 Å². The van der Waals surface area contributed by atoms with Gasteiger partial charge in [0.25, 0.3) is 0 Å². The van der Waals surface area contributed by atoms with Crippen LogP contribution in [0.25, 0.3) is 16.5 Å². The maximum Gasteiger partial charge on any atom is 0.313 e. The monoisotopic (exact) mass is 388 g/mol. The van der Waals surface area contributed by atoms with Crippen LogP contribution in [0.2, 0.25) is 0 Å². The molecule has 146 valence electrons. The lowest BCUT2D eigenvalue weighted by atomic mass is 9.98. The molecule has 1 atom stereocenters. The summed E-state index contributed by atoms with van der Waals surface area (Å²) in [5, 5.41) is 13.7. The van der Waals surface area contributed by atoms with Gasteiger partial charge in [-0.3, -0.25) is 4.79 Å². The number of methoxy groups -OCH3 is 1. The molecule has 7 heteroatoms. The fourth-order valence-corrected chi connectivity index (χ4v) is 3.10. The van der Waals surface area contributed by atoms with Crippen molar-refractivity contribution in [2.24, 2.45) is 0 Å². The topological polar surface area (TPSA) is 79.1 Å². The standard InChI is InChI=1S/C22H20N4O3/c1-15(16-8-9-18-13-20(28-2)11-10-17(18)12-16)22(27)29-14-21-23-24-25-26(21)19-6-4-3-5-7-19/h3-13,15H,14H2,1-2H3/t15-/m0/s1. The van der Waals surface area contributed by atoms with Gasteiger partial charge in [0, 0.05) is 0 Å². The zero-order valence-electron chi connectivity index (χ0n) is 16.1. The van der Waals surface area contributed by atoms with Crippen LogP contribution in [0, 0.1) is 0 Å².